The molecule has 3 rings (SSSR count). The van der Waals surface area contributed by atoms with Crippen LogP contribution < -0.4 is 0 Å². The molecule has 0 amide bonds. The summed E-state index contributed by atoms with van der Waals surface area (Å²) in [7, 11) is 0. The average molecular weight is 378 g/mol. The van der Waals surface area contributed by atoms with E-state index in [2.05, 4.69) is 25.5 Å². The van der Waals surface area contributed by atoms with Crippen molar-refractivity contribution in [3.05, 3.63) is 28.2 Å². The highest BCUT2D eigenvalue weighted by Gasteiger charge is 2.24. The van der Waals surface area contributed by atoms with Crippen LogP contribution in [0.1, 0.15) is 37.0 Å². The first-order valence-electron chi connectivity index (χ1n) is 6.66. The van der Waals surface area contributed by atoms with Crippen molar-refractivity contribution in [2.45, 2.75) is 31.2 Å². The van der Waals surface area contributed by atoms with Gasteiger partial charge >= 0.3 is 0 Å². The van der Waals surface area contributed by atoms with E-state index in [1.807, 2.05) is 24.8 Å². The molecule has 0 radical (unpaired) electrons. The Labute approximate surface area is 135 Å². The van der Waals surface area contributed by atoms with E-state index in [1.54, 1.807) is 0 Å². The molecule has 1 aliphatic rings. The first kappa shape index (κ1) is 14.7. The number of benzene rings is 1. The molecule has 6 heteroatoms. The van der Waals surface area contributed by atoms with E-state index >= 15 is 0 Å². The summed E-state index contributed by atoms with van der Waals surface area (Å²) in [5, 5.41) is -0.182. The first-order chi connectivity index (χ1) is 9.58. The normalized spacial score (nSPS) is 18.6. The lowest BCUT2D eigenvalue weighted by atomic mass is 10.1. The summed E-state index contributed by atoms with van der Waals surface area (Å²) in [6.07, 6.45) is 2.23. The van der Waals surface area contributed by atoms with Gasteiger partial charge in [-0.2, -0.15) is 11.8 Å². The van der Waals surface area contributed by atoms with Gasteiger partial charge < -0.3 is 4.57 Å². The number of aromatic nitrogens is 2. The molecule has 108 valence electrons. The molecule has 2 nitrogen and oxygen atoms in total. The lowest BCUT2D eigenvalue weighted by molar-refractivity contribution is 0.464. The summed E-state index contributed by atoms with van der Waals surface area (Å²) in [5.74, 6) is 2.87. The Kier molecular flexibility index (Phi) is 4.29. The minimum absolute atomic E-state index is 0.182. The van der Waals surface area contributed by atoms with Gasteiger partial charge in [-0.1, -0.05) is 0 Å². The number of rotatable bonds is 2. The molecule has 0 spiro atoms. The van der Waals surface area contributed by atoms with Crippen LogP contribution in [0.5, 0.6) is 0 Å². The zero-order chi connectivity index (χ0) is 14.3. The van der Waals surface area contributed by atoms with Crippen LogP contribution in [0.15, 0.2) is 16.6 Å². The van der Waals surface area contributed by atoms with Crippen molar-refractivity contribution in [1.29, 1.82) is 0 Å². The molecular formula is C14H15BrClFN2S. The number of hydrogen-bond acceptors (Lipinski definition) is 2. The zero-order valence-corrected chi connectivity index (χ0v) is 14.2. The summed E-state index contributed by atoms with van der Waals surface area (Å²) < 4.78 is 16.4. The highest BCUT2D eigenvalue weighted by atomic mass is 79.9. The number of halogens is 3. The van der Waals surface area contributed by atoms with Crippen LogP contribution in [0.4, 0.5) is 4.39 Å². The highest BCUT2D eigenvalue weighted by molar-refractivity contribution is 9.10. The average Bonchev–Trinajstić information content (AvgIpc) is 2.79. The SMILES string of the molecule is CC(Cl)c1nc2cc(F)c(Br)cc2n1C1CCSCC1. The Morgan fingerprint density at radius 2 is 2.15 bits per heavy atom. The monoisotopic (exact) mass is 376 g/mol. The molecule has 2 aromatic rings. The van der Waals surface area contributed by atoms with E-state index in [1.165, 1.54) is 6.07 Å². The van der Waals surface area contributed by atoms with Crippen molar-refractivity contribution in [2.75, 3.05) is 11.5 Å². The molecule has 1 atom stereocenters. The van der Waals surface area contributed by atoms with E-state index in [9.17, 15) is 4.39 Å². The molecular weight excluding hydrogens is 363 g/mol. The Hall–Kier alpha value is -0.260. The molecule has 0 saturated carbocycles. The third kappa shape index (κ3) is 2.60. The summed E-state index contributed by atoms with van der Waals surface area (Å²) >= 11 is 11.5. The first-order valence-corrected chi connectivity index (χ1v) is 9.05. The number of fused-ring (bicyclic) bond motifs is 1. The highest BCUT2D eigenvalue weighted by Crippen LogP contribution is 2.36. The van der Waals surface area contributed by atoms with Gasteiger partial charge in [0, 0.05) is 12.1 Å². The third-order valence-corrected chi connectivity index (χ3v) is 5.52. The molecule has 1 aromatic heterocycles. The fourth-order valence-electron chi connectivity index (χ4n) is 2.72. The maximum Gasteiger partial charge on any atom is 0.139 e. The second-order valence-electron chi connectivity index (χ2n) is 5.05. The number of thioether (sulfide) groups is 1. The van der Waals surface area contributed by atoms with Crippen LogP contribution in [-0.4, -0.2) is 21.1 Å². The molecule has 0 aliphatic carbocycles. The molecule has 1 fully saturated rings. The third-order valence-electron chi connectivity index (χ3n) is 3.67. The molecule has 2 heterocycles. The van der Waals surface area contributed by atoms with Crippen LogP contribution in [0.3, 0.4) is 0 Å². The molecule has 1 aromatic carbocycles. The number of imidazole rings is 1. The molecule has 1 aliphatic heterocycles. The van der Waals surface area contributed by atoms with E-state index < -0.39 is 0 Å². The second kappa shape index (κ2) is 5.85. The van der Waals surface area contributed by atoms with Crippen molar-refractivity contribution in [1.82, 2.24) is 9.55 Å². The minimum atomic E-state index is -0.282. The maximum atomic E-state index is 13.7. The summed E-state index contributed by atoms with van der Waals surface area (Å²) in [5.41, 5.74) is 1.66. The van der Waals surface area contributed by atoms with Crippen LogP contribution in [0.2, 0.25) is 0 Å². The Morgan fingerprint density at radius 3 is 2.80 bits per heavy atom. The van der Waals surface area contributed by atoms with Crippen molar-refractivity contribution in [3.8, 4) is 0 Å². The van der Waals surface area contributed by atoms with E-state index in [-0.39, 0.29) is 11.2 Å². The van der Waals surface area contributed by atoms with Crippen molar-refractivity contribution in [3.63, 3.8) is 0 Å². The van der Waals surface area contributed by atoms with Gasteiger partial charge in [0.1, 0.15) is 11.6 Å². The molecule has 1 saturated heterocycles. The van der Waals surface area contributed by atoms with Crippen LogP contribution in [0, 0.1) is 5.82 Å². The lowest BCUT2D eigenvalue weighted by Crippen LogP contribution is -2.17. The largest absolute Gasteiger partial charge is 0.324 e. The Balaban J connectivity index is 2.20. The predicted octanol–water partition coefficient (Wildman–Crippen LogP) is 5.31. The maximum absolute atomic E-state index is 13.7. The fraction of sp³-hybridized carbons (Fsp3) is 0.500. The van der Waals surface area contributed by atoms with Crippen molar-refractivity contribution >= 4 is 50.3 Å². The van der Waals surface area contributed by atoms with Crippen LogP contribution >= 0.6 is 39.3 Å². The van der Waals surface area contributed by atoms with Crippen LogP contribution in [0.25, 0.3) is 11.0 Å². The topological polar surface area (TPSA) is 17.8 Å². The van der Waals surface area contributed by atoms with Gasteiger partial charge in [0.15, 0.2) is 0 Å². The van der Waals surface area contributed by atoms with Gasteiger partial charge in [-0.3, -0.25) is 0 Å². The van der Waals surface area contributed by atoms with Crippen molar-refractivity contribution < 1.29 is 4.39 Å². The van der Waals surface area contributed by atoms with Crippen molar-refractivity contribution in [2.24, 2.45) is 0 Å². The Morgan fingerprint density at radius 1 is 1.45 bits per heavy atom. The Bertz CT molecular complexity index is 638. The quantitative estimate of drug-likeness (QED) is 0.660. The van der Waals surface area contributed by atoms with Gasteiger partial charge in [-0.05, 0) is 53.3 Å². The lowest BCUT2D eigenvalue weighted by Gasteiger charge is -2.26. The zero-order valence-electron chi connectivity index (χ0n) is 11.1. The van der Waals surface area contributed by atoms with Crippen LogP contribution in [-0.2, 0) is 0 Å². The van der Waals surface area contributed by atoms with Gasteiger partial charge in [-0.25, -0.2) is 9.37 Å². The van der Waals surface area contributed by atoms with Gasteiger partial charge in [0.05, 0.1) is 20.9 Å². The number of hydrogen-bond donors (Lipinski definition) is 0. The van der Waals surface area contributed by atoms with Gasteiger partial charge in [-0.15, -0.1) is 11.6 Å². The molecule has 0 N–H and O–H groups in total. The molecule has 1 unspecified atom stereocenters. The van der Waals surface area contributed by atoms with E-state index in [4.69, 9.17) is 11.6 Å². The predicted molar refractivity (Wildman–Crippen MR) is 87.3 cm³/mol. The standard InChI is InChI=1S/C14H15BrClFN2S/c1-8(16)14-18-12-7-11(17)10(15)6-13(12)19(14)9-2-4-20-5-3-9/h6-9H,2-5H2,1H3. The summed E-state index contributed by atoms with van der Waals surface area (Å²) in [6, 6.07) is 3.72. The summed E-state index contributed by atoms with van der Waals surface area (Å²) in [6.45, 7) is 1.92. The fourth-order valence-corrected chi connectivity index (χ4v) is 4.28. The smallest absolute Gasteiger partial charge is 0.139 e. The second-order valence-corrected chi connectivity index (χ2v) is 7.79. The molecule has 20 heavy (non-hydrogen) atoms. The number of nitrogens with zero attached hydrogens (tertiary/aromatic N) is 2. The number of alkyl halides is 1. The summed E-state index contributed by atoms with van der Waals surface area (Å²) in [4.78, 5) is 4.55. The van der Waals surface area contributed by atoms with Gasteiger partial charge in [0.2, 0.25) is 0 Å². The minimum Gasteiger partial charge on any atom is -0.324 e. The van der Waals surface area contributed by atoms with Gasteiger partial charge in [0.25, 0.3) is 0 Å². The van der Waals surface area contributed by atoms with E-state index in [0.717, 1.165) is 35.7 Å². The van der Waals surface area contributed by atoms with E-state index in [0.29, 0.717) is 16.0 Å². The molecule has 0 bridgehead atoms.